The van der Waals surface area contributed by atoms with E-state index in [0.29, 0.717) is 0 Å². The van der Waals surface area contributed by atoms with Gasteiger partial charge in [-0.15, -0.1) is 0 Å². The molecule has 3 aromatic rings. The fourth-order valence-electron chi connectivity index (χ4n) is 3.27. The minimum absolute atomic E-state index is 0.239. The van der Waals surface area contributed by atoms with Gasteiger partial charge in [0.05, 0.1) is 11.4 Å². The lowest BCUT2D eigenvalue weighted by atomic mass is 10.1. The summed E-state index contributed by atoms with van der Waals surface area (Å²) in [6, 6.07) is 14.7. The van der Waals surface area contributed by atoms with Crippen molar-refractivity contribution in [1.29, 1.82) is 0 Å². The Hall–Kier alpha value is -2.95. The molecule has 0 spiro atoms. The molecule has 1 saturated heterocycles. The van der Waals surface area contributed by atoms with Gasteiger partial charge in [0.1, 0.15) is 5.82 Å². The van der Waals surface area contributed by atoms with Crippen molar-refractivity contribution in [3.8, 4) is 11.3 Å². The number of anilines is 2. The van der Waals surface area contributed by atoms with Crippen molar-refractivity contribution in [2.24, 2.45) is 0 Å². The molecule has 0 radical (unpaired) electrons. The van der Waals surface area contributed by atoms with Gasteiger partial charge in [-0.2, -0.15) is 0 Å². The molecule has 3 heterocycles. The second kappa shape index (κ2) is 6.89. The Morgan fingerprint density at radius 2 is 1.56 bits per heavy atom. The number of piperazine rings is 1. The highest BCUT2D eigenvalue weighted by Gasteiger charge is 2.20. The Balaban J connectivity index is 1.56. The first-order valence-corrected chi connectivity index (χ1v) is 8.42. The van der Waals surface area contributed by atoms with E-state index in [9.17, 15) is 4.39 Å². The molecule has 126 valence electrons. The molecule has 0 bridgehead atoms. The summed E-state index contributed by atoms with van der Waals surface area (Å²) >= 11 is 0. The van der Waals surface area contributed by atoms with Gasteiger partial charge in [0, 0.05) is 56.0 Å². The van der Waals surface area contributed by atoms with Crippen LogP contribution in [0.25, 0.3) is 11.3 Å². The summed E-state index contributed by atoms with van der Waals surface area (Å²) in [5, 5.41) is 0. The number of pyridine rings is 2. The van der Waals surface area contributed by atoms with Crippen LogP contribution in [-0.4, -0.2) is 36.1 Å². The van der Waals surface area contributed by atoms with Crippen LogP contribution in [0, 0.1) is 5.82 Å². The standard InChI is InChI=1S/C20H19FN4/c21-17-4-1-3-16(15-17)20-19(5-2-8-23-20)25-13-11-24(12-14-25)18-6-9-22-10-7-18/h1-10,15H,11-14H2. The number of halogens is 1. The highest BCUT2D eigenvalue weighted by molar-refractivity contribution is 5.75. The zero-order valence-electron chi connectivity index (χ0n) is 13.8. The molecule has 0 N–H and O–H groups in total. The smallest absolute Gasteiger partial charge is 0.123 e. The molecule has 0 unspecified atom stereocenters. The highest BCUT2D eigenvalue weighted by atomic mass is 19.1. The summed E-state index contributed by atoms with van der Waals surface area (Å²) in [4.78, 5) is 13.3. The van der Waals surface area contributed by atoms with Gasteiger partial charge in [-0.25, -0.2) is 4.39 Å². The van der Waals surface area contributed by atoms with Gasteiger partial charge in [0.25, 0.3) is 0 Å². The van der Waals surface area contributed by atoms with Crippen molar-refractivity contribution in [3.05, 3.63) is 72.9 Å². The first kappa shape index (κ1) is 15.6. The largest absolute Gasteiger partial charge is 0.368 e. The van der Waals surface area contributed by atoms with Crippen LogP contribution < -0.4 is 9.80 Å². The van der Waals surface area contributed by atoms with Gasteiger partial charge in [-0.05, 0) is 36.4 Å². The summed E-state index contributed by atoms with van der Waals surface area (Å²) in [7, 11) is 0. The van der Waals surface area contributed by atoms with Crippen molar-refractivity contribution in [1.82, 2.24) is 9.97 Å². The number of hydrogen-bond acceptors (Lipinski definition) is 4. The molecule has 2 aromatic heterocycles. The molecule has 4 rings (SSSR count). The molecule has 0 saturated carbocycles. The highest BCUT2D eigenvalue weighted by Crippen LogP contribution is 2.30. The normalized spacial score (nSPS) is 14.6. The molecule has 0 amide bonds. The number of nitrogens with zero attached hydrogens (tertiary/aromatic N) is 4. The Morgan fingerprint density at radius 3 is 2.32 bits per heavy atom. The van der Waals surface area contributed by atoms with E-state index in [4.69, 9.17) is 0 Å². The summed E-state index contributed by atoms with van der Waals surface area (Å²) in [6.07, 6.45) is 5.41. The van der Waals surface area contributed by atoms with E-state index < -0.39 is 0 Å². The summed E-state index contributed by atoms with van der Waals surface area (Å²) in [6.45, 7) is 3.66. The molecule has 25 heavy (non-hydrogen) atoms. The van der Waals surface area contributed by atoms with Gasteiger partial charge in [0.2, 0.25) is 0 Å². The molecular weight excluding hydrogens is 315 g/mol. The number of rotatable bonds is 3. The van der Waals surface area contributed by atoms with Gasteiger partial charge in [-0.3, -0.25) is 9.97 Å². The van der Waals surface area contributed by atoms with Crippen LogP contribution in [0.3, 0.4) is 0 Å². The van der Waals surface area contributed by atoms with Crippen LogP contribution in [0.4, 0.5) is 15.8 Å². The van der Waals surface area contributed by atoms with Crippen LogP contribution in [0.2, 0.25) is 0 Å². The van der Waals surface area contributed by atoms with Crippen molar-refractivity contribution in [2.45, 2.75) is 0 Å². The van der Waals surface area contributed by atoms with Crippen LogP contribution in [0.5, 0.6) is 0 Å². The van der Waals surface area contributed by atoms with Crippen LogP contribution in [-0.2, 0) is 0 Å². The molecule has 0 atom stereocenters. The van der Waals surface area contributed by atoms with E-state index in [-0.39, 0.29) is 5.82 Å². The molecule has 0 aliphatic carbocycles. The molecule has 1 aromatic carbocycles. The van der Waals surface area contributed by atoms with Gasteiger partial charge in [-0.1, -0.05) is 12.1 Å². The minimum Gasteiger partial charge on any atom is -0.368 e. The molecule has 1 fully saturated rings. The molecule has 4 nitrogen and oxygen atoms in total. The van der Waals surface area contributed by atoms with Crippen LogP contribution in [0.1, 0.15) is 0 Å². The van der Waals surface area contributed by atoms with E-state index >= 15 is 0 Å². The monoisotopic (exact) mass is 334 g/mol. The molecule has 1 aliphatic heterocycles. The lowest BCUT2D eigenvalue weighted by Gasteiger charge is -2.37. The SMILES string of the molecule is Fc1cccc(-c2ncccc2N2CCN(c3ccncc3)CC2)c1. The molecule has 5 heteroatoms. The quantitative estimate of drug-likeness (QED) is 0.732. The third-order valence-electron chi connectivity index (χ3n) is 4.53. The van der Waals surface area contributed by atoms with Crippen molar-refractivity contribution in [3.63, 3.8) is 0 Å². The maximum absolute atomic E-state index is 13.6. The second-order valence-corrected chi connectivity index (χ2v) is 6.06. The maximum atomic E-state index is 13.6. The molecule has 1 aliphatic rings. The predicted octanol–water partition coefficient (Wildman–Crippen LogP) is 3.61. The zero-order chi connectivity index (χ0) is 17.1. The van der Waals surface area contributed by atoms with Gasteiger partial charge in [0.15, 0.2) is 0 Å². The van der Waals surface area contributed by atoms with Crippen molar-refractivity contribution in [2.75, 3.05) is 36.0 Å². The fraction of sp³-hybridized carbons (Fsp3) is 0.200. The Labute approximate surface area is 146 Å². The van der Waals surface area contributed by atoms with Gasteiger partial charge >= 0.3 is 0 Å². The lowest BCUT2D eigenvalue weighted by Crippen LogP contribution is -2.46. The average Bonchev–Trinajstić information content (AvgIpc) is 2.69. The summed E-state index contributed by atoms with van der Waals surface area (Å²) < 4.78 is 13.6. The summed E-state index contributed by atoms with van der Waals surface area (Å²) in [5.74, 6) is -0.239. The van der Waals surface area contributed by atoms with E-state index in [1.54, 1.807) is 18.3 Å². The second-order valence-electron chi connectivity index (χ2n) is 6.06. The third-order valence-corrected chi connectivity index (χ3v) is 4.53. The number of hydrogen-bond donors (Lipinski definition) is 0. The minimum atomic E-state index is -0.239. The maximum Gasteiger partial charge on any atom is 0.123 e. The van der Waals surface area contributed by atoms with E-state index in [1.165, 1.54) is 11.8 Å². The Morgan fingerprint density at radius 1 is 0.800 bits per heavy atom. The van der Waals surface area contributed by atoms with E-state index in [1.807, 2.05) is 36.7 Å². The Kier molecular flexibility index (Phi) is 4.29. The van der Waals surface area contributed by atoms with Crippen molar-refractivity contribution < 1.29 is 4.39 Å². The zero-order valence-corrected chi connectivity index (χ0v) is 13.8. The Bertz CT molecular complexity index is 845. The van der Waals surface area contributed by atoms with Gasteiger partial charge < -0.3 is 9.80 Å². The summed E-state index contributed by atoms with van der Waals surface area (Å²) in [5.41, 5.74) is 3.90. The first-order valence-electron chi connectivity index (χ1n) is 8.42. The third kappa shape index (κ3) is 3.31. The first-order chi connectivity index (χ1) is 12.3. The number of aromatic nitrogens is 2. The van der Waals surface area contributed by atoms with Crippen LogP contribution in [0.15, 0.2) is 67.1 Å². The number of benzene rings is 1. The van der Waals surface area contributed by atoms with Crippen LogP contribution >= 0.6 is 0 Å². The van der Waals surface area contributed by atoms with Crippen molar-refractivity contribution >= 4 is 11.4 Å². The van der Waals surface area contributed by atoms with E-state index in [0.717, 1.165) is 43.1 Å². The topological polar surface area (TPSA) is 32.3 Å². The van der Waals surface area contributed by atoms with E-state index in [2.05, 4.69) is 25.8 Å². The molecular formula is C20H19FN4. The predicted molar refractivity (Wildman–Crippen MR) is 98.3 cm³/mol. The fourth-order valence-corrected chi connectivity index (χ4v) is 3.27. The lowest BCUT2D eigenvalue weighted by molar-refractivity contribution is 0.628. The average molecular weight is 334 g/mol.